The molecule has 1 aliphatic rings. The zero-order valence-electron chi connectivity index (χ0n) is 7.71. The van der Waals surface area contributed by atoms with Crippen LogP contribution in [-0.4, -0.2) is 23.5 Å². The number of unbranched alkanes of at least 4 members (excludes halogenated alkanes) is 1. The van der Waals surface area contributed by atoms with Gasteiger partial charge in [-0.1, -0.05) is 0 Å². The van der Waals surface area contributed by atoms with Gasteiger partial charge >= 0.3 is 0 Å². The Kier molecular flexibility index (Phi) is 4.77. The molecule has 0 saturated carbocycles. The highest BCUT2D eigenvalue weighted by molar-refractivity contribution is 8.00. The second-order valence-corrected chi connectivity index (χ2v) is 4.41. The lowest BCUT2D eigenvalue weighted by Crippen LogP contribution is -2.31. The lowest BCUT2D eigenvalue weighted by molar-refractivity contribution is -0.120. The van der Waals surface area contributed by atoms with Gasteiger partial charge in [0, 0.05) is 13.0 Å². The molecule has 2 nitrogen and oxygen atoms in total. The van der Waals surface area contributed by atoms with E-state index in [0.717, 1.165) is 31.6 Å². The normalized spacial score (nSPS) is 21.0. The number of hydrogen-bond acceptors (Lipinski definition) is 2. The van der Waals surface area contributed by atoms with Crippen molar-refractivity contribution in [2.45, 2.75) is 30.9 Å². The van der Waals surface area contributed by atoms with Crippen LogP contribution in [0.25, 0.3) is 0 Å². The van der Waals surface area contributed by atoms with Crippen molar-refractivity contribution in [1.82, 2.24) is 5.32 Å². The third-order valence-corrected chi connectivity index (χ3v) is 3.40. The van der Waals surface area contributed by atoms with Crippen molar-refractivity contribution in [2.75, 3.05) is 12.3 Å². The quantitative estimate of drug-likeness (QED) is 0.545. The molecule has 0 radical (unpaired) electrons. The van der Waals surface area contributed by atoms with E-state index in [1.807, 2.05) is 0 Å². The van der Waals surface area contributed by atoms with Gasteiger partial charge in [0.15, 0.2) is 0 Å². The van der Waals surface area contributed by atoms with Gasteiger partial charge in [0.25, 0.3) is 0 Å². The summed E-state index contributed by atoms with van der Waals surface area (Å²) in [5, 5.41) is 3.10. The van der Waals surface area contributed by atoms with Crippen LogP contribution in [0.1, 0.15) is 25.7 Å². The molecule has 1 amide bonds. The summed E-state index contributed by atoms with van der Waals surface area (Å²) in [5.41, 5.74) is 0. The van der Waals surface area contributed by atoms with Gasteiger partial charge in [-0.3, -0.25) is 4.79 Å². The van der Waals surface area contributed by atoms with E-state index in [9.17, 15) is 4.79 Å². The van der Waals surface area contributed by atoms with E-state index >= 15 is 0 Å². The van der Waals surface area contributed by atoms with Crippen molar-refractivity contribution in [3.05, 3.63) is 0 Å². The molecular weight excluding hydrogens is 182 g/mol. The number of terminal acetylenes is 1. The van der Waals surface area contributed by atoms with E-state index in [1.165, 1.54) is 6.42 Å². The molecule has 1 N–H and O–H groups in total. The highest BCUT2D eigenvalue weighted by Crippen LogP contribution is 2.25. The zero-order valence-corrected chi connectivity index (χ0v) is 8.53. The molecule has 13 heavy (non-hydrogen) atoms. The molecule has 1 rings (SSSR count). The zero-order chi connectivity index (χ0) is 9.52. The number of rotatable bonds is 4. The first kappa shape index (κ1) is 10.5. The molecule has 0 spiro atoms. The van der Waals surface area contributed by atoms with Crippen LogP contribution in [0.4, 0.5) is 0 Å². The maximum absolute atomic E-state index is 11.4. The number of carbonyl (C=O) groups excluding carboxylic acids is 1. The third-order valence-electron chi connectivity index (χ3n) is 2.02. The van der Waals surface area contributed by atoms with Crippen molar-refractivity contribution in [1.29, 1.82) is 0 Å². The van der Waals surface area contributed by atoms with E-state index in [2.05, 4.69) is 11.2 Å². The molecule has 1 heterocycles. The summed E-state index contributed by atoms with van der Waals surface area (Å²) in [6, 6.07) is 0. The third kappa shape index (κ3) is 3.73. The van der Waals surface area contributed by atoms with Gasteiger partial charge in [0.05, 0.1) is 5.25 Å². The molecule has 1 fully saturated rings. The van der Waals surface area contributed by atoms with Gasteiger partial charge in [0.2, 0.25) is 5.91 Å². The fourth-order valence-corrected chi connectivity index (χ4v) is 2.49. The molecule has 1 atom stereocenters. The van der Waals surface area contributed by atoms with Crippen LogP contribution in [0.2, 0.25) is 0 Å². The molecule has 1 unspecified atom stereocenters. The Morgan fingerprint density at radius 2 is 2.54 bits per heavy atom. The Balaban J connectivity index is 2.07. The largest absolute Gasteiger partial charge is 0.355 e. The monoisotopic (exact) mass is 197 g/mol. The number of hydrogen-bond donors (Lipinski definition) is 1. The molecule has 3 heteroatoms. The summed E-state index contributed by atoms with van der Waals surface area (Å²) in [7, 11) is 0. The van der Waals surface area contributed by atoms with Gasteiger partial charge in [-0.2, -0.15) is 0 Å². The van der Waals surface area contributed by atoms with Crippen LogP contribution < -0.4 is 5.32 Å². The number of thioether (sulfide) groups is 1. The van der Waals surface area contributed by atoms with Gasteiger partial charge in [-0.15, -0.1) is 24.1 Å². The van der Waals surface area contributed by atoms with E-state index in [4.69, 9.17) is 6.42 Å². The van der Waals surface area contributed by atoms with Crippen molar-refractivity contribution >= 4 is 17.7 Å². The molecule has 0 bridgehead atoms. The number of amides is 1. The van der Waals surface area contributed by atoms with E-state index in [-0.39, 0.29) is 11.2 Å². The lowest BCUT2D eigenvalue weighted by atomic mass is 10.2. The van der Waals surface area contributed by atoms with Crippen LogP contribution in [0, 0.1) is 12.3 Å². The van der Waals surface area contributed by atoms with Crippen LogP contribution in [-0.2, 0) is 4.79 Å². The van der Waals surface area contributed by atoms with Crippen LogP contribution in [0.15, 0.2) is 0 Å². The standard InChI is InChI=1S/C10H15NOS/c1-2-3-4-7-11-10(12)9-6-5-8-13-9/h1,9H,3-8H2,(H,11,12). The van der Waals surface area contributed by atoms with Gasteiger partial charge in [-0.05, 0) is 25.0 Å². The smallest absolute Gasteiger partial charge is 0.233 e. The van der Waals surface area contributed by atoms with E-state index in [0.29, 0.717) is 0 Å². The average molecular weight is 197 g/mol. The predicted octanol–water partition coefficient (Wildman–Crippen LogP) is 1.41. The topological polar surface area (TPSA) is 29.1 Å². The first-order valence-electron chi connectivity index (χ1n) is 4.67. The van der Waals surface area contributed by atoms with Gasteiger partial charge < -0.3 is 5.32 Å². The molecule has 0 aromatic heterocycles. The Bertz CT molecular complexity index is 203. The van der Waals surface area contributed by atoms with E-state index < -0.39 is 0 Å². The van der Waals surface area contributed by atoms with Crippen molar-refractivity contribution in [3.63, 3.8) is 0 Å². The summed E-state index contributed by atoms with van der Waals surface area (Å²) < 4.78 is 0. The van der Waals surface area contributed by atoms with E-state index in [1.54, 1.807) is 11.8 Å². The Hall–Kier alpha value is -0.620. The Morgan fingerprint density at radius 1 is 1.69 bits per heavy atom. The lowest BCUT2D eigenvalue weighted by Gasteiger charge is -2.08. The van der Waals surface area contributed by atoms with Gasteiger partial charge in [-0.25, -0.2) is 0 Å². The predicted molar refractivity (Wildman–Crippen MR) is 56.6 cm³/mol. The fraction of sp³-hybridized carbons (Fsp3) is 0.700. The van der Waals surface area contributed by atoms with Gasteiger partial charge in [0.1, 0.15) is 0 Å². The minimum atomic E-state index is 0.194. The Morgan fingerprint density at radius 3 is 3.15 bits per heavy atom. The number of nitrogens with one attached hydrogen (secondary N) is 1. The first-order valence-corrected chi connectivity index (χ1v) is 5.72. The summed E-state index contributed by atoms with van der Waals surface area (Å²) in [6.07, 6.45) is 8.94. The molecule has 1 aliphatic heterocycles. The average Bonchev–Trinajstić information content (AvgIpc) is 2.65. The van der Waals surface area contributed by atoms with Crippen molar-refractivity contribution < 1.29 is 4.79 Å². The summed E-state index contributed by atoms with van der Waals surface area (Å²) in [4.78, 5) is 11.4. The number of carbonyl (C=O) groups is 1. The highest BCUT2D eigenvalue weighted by Gasteiger charge is 2.22. The highest BCUT2D eigenvalue weighted by atomic mass is 32.2. The van der Waals surface area contributed by atoms with Crippen LogP contribution >= 0.6 is 11.8 Å². The molecule has 0 aromatic carbocycles. The first-order chi connectivity index (χ1) is 6.34. The molecule has 0 aromatic rings. The second kappa shape index (κ2) is 5.93. The van der Waals surface area contributed by atoms with Crippen molar-refractivity contribution in [3.8, 4) is 12.3 Å². The van der Waals surface area contributed by atoms with Crippen LogP contribution in [0.5, 0.6) is 0 Å². The van der Waals surface area contributed by atoms with Crippen LogP contribution in [0.3, 0.4) is 0 Å². The maximum atomic E-state index is 11.4. The summed E-state index contributed by atoms with van der Waals surface area (Å²) >= 11 is 1.76. The summed E-state index contributed by atoms with van der Waals surface area (Å²) in [6.45, 7) is 0.722. The fourth-order valence-electron chi connectivity index (χ4n) is 1.30. The minimum Gasteiger partial charge on any atom is -0.355 e. The maximum Gasteiger partial charge on any atom is 0.233 e. The van der Waals surface area contributed by atoms with Crippen molar-refractivity contribution in [2.24, 2.45) is 0 Å². The summed E-state index contributed by atoms with van der Waals surface area (Å²) in [5.74, 6) is 3.88. The molecule has 72 valence electrons. The molecular formula is C10H15NOS. The molecule has 1 saturated heterocycles. The molecule has 0 aliphatic carbocycles. The Labute approximate surface area is 83.9 Å². The second-order valence-electron chi connectivity index (χ2n) is 3.10. The SMILES string of the molecule is C#CCCCNC(=O)C1CCCS1. The minimum absolute atomic E-state index is 0.194.